The number of carbonyl (C=O) groups is 1. The van der Waals surface area contributed by atoms with Crippen LogP contribution in [0.3, 0.4) is 0 Å². The molecule has 0 radical (unpaired) electrons. The lowest BCUT2D eigenvalue weighted by atomic mass is 9.79. The number of ether oxygens (including phenoxy) is 1. The number of methoxy groups -OCH3 is 1. The maximum atomic E-state index is 13.4. The first kappa shape index (κ1) is 18.4. The number of benzene rings is 2. The van der Waals surface area contributed by atoms with Crippen molar-refractivity contribution in [3.05, 3.63) is 95.5 Å². The lowest BCUT2D eigenvalue weighted by molar-refractivity contribution is -0.116. The molecule has 2 N–H and O–H groups in total. The van der Waals surface area contributed by atoms with Crippen LogP contribution in [-0.4, -0.2) is 17.9 Å². The third-order valence-electron chi connectivity index (χ3n) is 5.88. The number of hydrogen-bond acceptors (Lipinski definition) is 5. The Morgan fingerprint density at radius 2 is 1.70 bits per heavy atom. The number of nitrogens with one attached hydrogen (secondary N) is 2. The summed E-state index contributed by atoms with van der Waals surface area (Å²) >= 11 is 0. The summed E-state index contributed by atoms with van der Waals surface area (Å²) in [5.41, 5.74) is 5.70. The first-order valence-corrected chi connectivity index (χ1v) is 10.2. The van der Waals surface area contributed by atoms with Gasteiger partial charge in [-0.05, 0) is 54.3 Å². The zero-order valence-electron chi connectivity index (χ0n) is 16.8. The molecular formula is C25H23N3O2. The summed E-state index contributed by atoms with van der Waals surface area (Å²) < 4.78 is 5.28. The minimum Gasteiger partial charge on any atom is -0.497 e. The predicted molar refractivity (Wildman–Crippen MR) is 118 cm³/mol. The maximum Gasteiger partial charge on any atom is 0.163 e. The number of aromatic nitrogens is 1. The topological polar surface area (TPSA) is 63.2 Å². The molecule has 1 aliphatic heterocycles. The fourth-order valence-corrected chi connectivity index (χ4v) is 4.37. The summed E-state index contributed by atoms with van der Waals surface area (Å²) in [5.74, 6) is 1.10. The van der Waals surface area contributed by atoms with E-state index in [2.05, 4.69) is 27.8 Å². The third-order valence-corrected chi connectivity index (χ3v) is 5.88. The van der Waals surface area contributed by atoms with E-state index in [1.165, 1.54) is 0 Å². The highest BCUT2D eigenvalue weighted by Crippen LogP contribution is 2.43. The van der Waals surface area contributed by atoms with Gasteiger partial charge in [-0.15, -0.1) is 0 Å². The summed E-state index contributed by atoms with van der Waals surface area (Å²) in [5, 5.41) is 7.11. The highest BCUT2D eigenvalue weighted by molar-refractivity contribution is 6.01. The van der Waals surface area contributed by atoms with Gasteiger partial charge in [0.05, 0.1) is 30.2 Å². The molecule has 0 saturated carbocycles. The van der Waals surface area contributed by atoms with E-state index < -0.39 is 0 Å². The highest BCUT2D eigenvalue weighted by Gasteiger charge is 2.36. The molecule has 2 heterocycles. The molecule has 0 unspecified atom stereocenters. The van der Waals surface area contributed by atoms with E-state index >= 15 is 0 Å². The van der Waals surface area contributed by atoms with Gasteiger partial charge >= 0.3 is 0 Å². The number of ketones is 1. The van der Waals surface area contributed by atoms with Gasteiger partial charge in [0.2, 0.25) is 0 Å². The average Bonchev–Trinajstić information content (AvgIpc) is 2.96. The summed E-state index contributed by atoms with van der Waals surface area (Å²) in [7, 11) is 1.66. The smallest absolute Gasteiger partial charge is 0.163 e. The molecule has 1 aliphatic carbocycles. The number of rotatable bonds is 3. The highest BCUT2D eigenvalue weighted by atomic mass is 16.5. The molecule has 1 aromatic heterocycles. The first-order chi connectivity index (χ1) is 14.7. The summed E-state index contributed by atoms with van der Waals surface area (Å²) in [6, 6.07) is 21.6. The van der Waals surface area contributed by atoms with E-state index in [1.54, 1.807) is 13.3 Å². The van der Waals surface area contributed by atoms with E-state index in [0.29, 0.717) is 6.42 Å². The van der Waals surface area contributed by atoms with E-state index in [-0.39, 0.29) is 17.7 Å². The number of nitrogens with zero attached hydrogens (tertiary/aromatic N) is 1. The SMILES string of the molecule is COc1ccc([C@H]2CC(=O)C3=C(C2)Nc2ccccc2N[C@H]3c2ccccn2)cc1. The molecule has 2 aromatic carbocycles. The molecule has 30 heavy (non-hydrogen) atoms. The summed E-state index contributed by atoms with van der Waals surface area (Å²) in [6.07, 6.45) is 3.02. The predicted octanol–water partition coefficient (Wildman–Crippen LogP) is 5.07. The van der Waals surface area contributed by atoms with Crippen LogP contribution in [0.4, 0.5) is 11.4 Å². The Bertz CT molecular complexity index is 1110. The summed E-state index contributed by atoms with van der Waals surface area (Å²) in [4.78, 5) is 18.0. The molecule has 5 nitrogen and oxygen atoms in total. The van der Waals surface area contributed by atoms with Gasteiger partial charge in [0.25, 0.3) is 0 Å². The second-order valence-corrected chi connectivity index (χ2v) is 7.70. The van der Waals surface area contributed by atoms with Crippen LogP contribution in [0.5, 0.6) is 5.75 Å². The molecule has 0 saturated heterocycles. The van der Waals surface area contributed by atoms with Gasteiger partial charge in [0.1, 0.15) is 5.75 Å². The van der Waals surface area contributed by atoms with Crippen LogP contribution in [0.2, 0.25) is 0 Å². The Balaban J connectivity index is 1.57. The van der Waals surface area contributed by atoms with Crippen molar-refractivity contribution in [1.82, 2.24) is 4.98 Å². The van der Waals surface area contributed by atoms with Gasteiger partial charge < -0.3 is 15.4 Å². The maximum absolute atomic E-state index is 13.4. The molecule has 5 heteroatoms. The standard InChI is InChI=1S/C25H23N3O2/c1-30-18-11-9-16(10-12-18)17-14-22-24(23(29)15-17)25(21-8-4-5-13-26-21)28-20-7-3-2-6-19(20)27-22/h2-13,17,25,27-28H,14-15H2,1H3/t17-,25+/m1/s1. The number of hydrogen-bond donors (Lipinski definition) is 2. The molecular weight excluding hydrogens is 374 g/mol. The Morgan fingerprint density at radius 1 is 0.933 bits per heavy atom. The lowest BCUT2D eigenvalue weighted by Crippen LogP contribution is -2.27. The third kappa shape index (κ3) is 3.32. The fourth-order valence-electron chi connectivity index (χ4n) is 4.37. The molecule has 2 aliphatic rings. The zero-order valence-corrected chi connectivity index (χ0v) is 16.8. The molecule has 0 amide bonds. The Kier molecular flexibility index (Phi) is 4.71. The average molecular weight is 397 g/mol. The number of para-hydroxylation sites is 2. The van der Waals surface area contributed by atoms with Crippen molar-refractivity contribution in [3.63, 3.8) is 0 Å². The minimum atomic E-state index is -0.276. The van der Waals surface area contributed by atoms with Crippen molar-refractivity contribution >= 4 is 17.2 Å². The Hall–Kier alpha value is -3.60. The molecule has 5 rings (SSSR count). The fraction of sp³-hybridized carbons (Fsp3) is 0.200. The van der Waals surface area contributed by atoms with Crippen molar-refractivity contribution in [1.29, 1.82) is 0 Å². The van der Waals surface area contributed by atoms with E-state index in [0.717, 1.165) is 46.1 Å². The zero-order chi connectivity index (χ0) is 20.5. The number of Topliss-reactive ketones (excluding diaryl/α,β-unsaturated/α-hetero) is 1. The van der Waals surface area contributed by atoms with Gasteiger partial charge in [0.15, 0.2) is 5.78 Å². The van der Waals surface area contributed by atoms with Gasteiger partial charge in [0, 0.05) is 23.9 Å². The van der Waals surface area contributed by atoms with Crippen LogP contribution in [0.1, 0.15) is 36.1 Å². The normalized spacial score (nSPS) is 20.4. The van der Waals surface area contributed by atoms with Crippen LogP contribution >= 0.6 is 0 Å². The number of anilines is 2. The molecule has 0 fully saturated rings. The summed E-state index contributed by atoms with van der Waals surface area (Å²) in [6.45, 7) is 0. The quantitative estimate of drug-likeness (QED) is 0.646. The molecule has 0 spiro atoms. The van der Waals surface area contributed by atoms with E-state index in [9.17, 15) is 4.79 Å². The molecule has 150 valence electrons. The van der Waals surface area contributed by atoms with Gasteiger partial charge in [-0.3, -0.25) is 9.78 Å². The second kappa shape index (κ2) is 7.67. The number of carbonyl (C=O) groups excluding carboxylic acids is 1. The van der Waals surface area contributed by atoms with Crippen LogP contribution in [-0.2, 0) is 4.79 Å². The van der Waals surface area contributed by atoms with Crippen LogP contribution in [0, 0.1) is 0 Å². The van der Waals surface area contributed by atoms with Gasteiger partial charge in [-0.25, -0.2) is 0 Å². The largest absolute Gasteiger partial charge is 0.497 e. The van der Waals surface area contributed by atoms with Crippen molar-refractivity contribution < 1.29 is 9.53 Å². The first-order valence-electron chi connectivity index (χ1n) is 10.2. The Labute approximate surface area is 175 Å². The molecule has 3 aromatic rings. The van der Waals surface area contributed by atoms with Crippen LogP contribution in [0.25, 0.3) is 0 Å². The second-order valence-electron chi connectivity index (χ2n) is 7.70. The van der Waals surface area contributed by atoms with E-state index in [4.69, 9.17) is 4.74 Å². The van der Waals surface area contributed by atoms with E-state index in [1.807, 2.05) is 54.6 Å². The van der Waals surface area contributed by atoms with Crippen molar-refractivity contribution in [2.45, 2.75) is 24.8 Å². The minimum absolute atomic E-state index is 0.129. The van der Waals surface area contributed by atoms with Crippen LogP contribution < -0.4 is 15.4 Å². The van der Waals surface area contributed by atoms with Crippen LogP contribution in [0.15, 0.2) is 84.2 Å². The molecule has 2 atom stereocenters. The van der Waals surface area contributed by atoms with Gasteiger partial charge in [-0.1, -0.05) is 30.3 Å². The van der Waals surface area contributed by atoms with Crippen molar-refractivity contribution in [2.24, 2.45) is 0 Å². The lowest BCUT2D eigenvalue weighted by Gasteiger charge is -2.29. The van der Waals surface area contributed by atoms with Crippen molar-refractivity contribution in [2.75, 3.05) is 17.7 Å². The number of fused-ring (bicyclic) bond motifs is 1. The number of allylic oxidation sites excluding steroid dienone is 1. The Morgan fingerprint density at radius 3 is 2.43 bits per heavy atom. The monoisotopic (exact) mass is 397 g/mol. The van der Waals surface area contributed by atoms with Crippen molar-refractivity contribution in [3.8, 4) is 5.75 Å². The van der Waals surface area contributed by atoms with Gasteiger partial charge in [-0.2, -0.15) is 0 Å². The number of pyridine rings is 1. The molecule has 0 bridgehead atoms.